The Morgan fingerprint density at radius 2 is 1.81 bits per heavy atom. The highest BCUT2D eigenvalue weighted by atomic mass is 28.3. The highest BCUT2D eigenvalue weighted by Crippen LogP contribution is 2.50. The highest BCUT2D eigenvalue weighted by molar-refractivity contribution is 6.80. The average Bonchev–Trinajstić information content (AvgIpc) is 2.90. The van der Waals surface area contributed by atoms with Gasteiger partial charge < -0.3 is 4.74 Å². The fourth-order valence-corrected chi connectivity index (χ4v) is 2.62. The van der Waals surface area contributed by atoms with Crippen LogP contribution in [0.1, 0.15) is 18.6 Å². The van der Waals surface area contributed by atoms with Crippen LogP contribution in [-0.4, -0.2) is 13.7 Å². The Kier molecular flexibility index (Phi) is 2.80. The van der Waals surface area contributed by atoms with E-state index in [1.54, 1.807) is 0 Å². The van der Waals surface area contributed by atoms with Crippen molar-refractivity contribution in [3.05, 3.63) is 47.7 Å². The molecule has 0 radical (unpaired) electrons. The first-order valence-corrected chi connectivity index (χ1v) is 9.42. The van der Waals surface area contributed by atoms with Crippen LogP contribution in [-0.2, 0) is 4.74 Å². The molecule has 1 nitrogen and oxygen atoms in total. The molecule has 86 valence electrons. The summed E-state index contributed by atoms with van der Waals surface area (Å²) in [4.78, 5) is 0. The lowest BCUT2D eigenvalue weighted by Gasteiger charge is -2.09. The minimum atomic E-state index is -1.12. The first-order valence-electron chi connectivity index (χ1n) is 5.84. The van der Waals surface area contributed by atoms with Crippen molar-refractivity contribution in [3.8, 4) is 0 Å². The van der Waals surface area contributed by atoms with Gasteiger partial charge in [-0.15, -0.1) is 0 Å². The van der Waals surface area contributed by atoms with Crippen molar-refractivity contribution >= 4 is 8.07 Å². The van der Waals surface area contributed by atoms with Crippen molar-refractivity contribution in [2.45, 2.75) is 38.3 Å². The Hall–Kier alpha value is -0.863. The van der Waals surface area contributed by atoms with Crippen LogP contribution in [0.2, 0.25) is 19.6 Å². The van der Waals surface area contributed by atoms with Crippen LogP contribution in [0.3, 0.4) is 0 Å². The lowest BCUT2D eigenvalue weighted by molar-refractivity contribution is 0.345. The van der Waals surface area contributed by atoms with Crippen molar-refractivity contribution in [2.24, 2.45) is 0 Å². The zero-order valence-corrected chi connectivity index (χ0v) is 11.5. The summed E-state index contributed by atoms with van der Waals surface area (Å²) in [6, 6.07) is 10.5. The molecule has 1 aromatic rings. The molecular formula is C14H20OSi. The molecule has 0 saturated carbocycles. The van der Waals surface area contributed by atoms with Gasteiger partial charge in [0, 0.05) is 0 Å². The molecule has 1 aromatic carbocycles. The maximum Gasteiger partial charge on any atom is 0.116 e. The van der Waals surface area contributed by atoms with E-state index < -0.39 is 8.07 Å². The number of hydrogen-bond acceptors (Lipinski definition) is 1. The van der Waals surface area contributed by atoms with Gasteiger partial charge in [0.2, 0.25) is 0 Å². The first-order chi connectivity index (χ1) is 7.41. The summed E-state index contributed by atoms with van der Waals surface area (Å²) in [7, 11) is -1.12. The quantitative estimate of drug-likeness (QED) is 0.568. The van der Waals surface area contributed by atoms with Gasteiger partial charge in [-0.05, 0) is 12.5 Å². The largest absolute Gasteiger partial charge is 0.357 e. The molecule has 0 N–H and O–H groups in total. The van der Waals surface area contributed by atoms with Crippen LogP contribution in [0.4, 0.5) is 0 Å². The van der Waals surface area contributed by atoms with Crippen molar-refractivity contribution in [3.63, 3.8) is 0 Å². The predicted molar refractivity (Wildman–Crippen MR) is 71.2 cm³/mol. The molecule has 1 saturated heterocycles. The first kappa shape index (κ1) is 11.6. The van der Waals surface area contributed by atoms with E-state index in [0.717, 1.165) is 0 Å². The van der Waals surface area contributed by atoms with Gasteiger partial charge in [-0.3, -0.25) is 0 Å². The van der Waals surface area contributed by atoms with E-state index >= 15 is 0 Å². The molecule has 1 aliphatic heterocycles. The third-order valence-electron chi connectivity index (χ3n) is 2.85. The van der Waals surface area contributed by atoms with Crippen LogP contribution in [0.15, 0.2) is 42.1 Å². The van der Waals surface area contributed by atoms with Crippen molar-refractivity contribution in [2.75, 3.05) is 0 Å². The van der Waals surface area contributed by atoms with Crippen molar-refractivity contribution in [1.29, 1.82) is 0 Å². The molecule has 1 aliphatic rings. The van der Waals surface area contributed by atoms with Gasteiger partial charge in [0.15, 0.2) is 0 Å². The van der Waals surface area contributed by atoms with Gasteiger partial charge in [-0.25, -0.2) is 0 Å². The molecule has 0 spiro atoms. The molecule has 0 bridgehead atoms. The summed E-state index contributed by atoms with van der Waals surface area (Å²) in [5.74, 6) is 0. The van der Waals surface area contributed by atoms with Crippen molar-refractivity contribution < 1.29 is 4.74 Å². The number of ether oxygens (including phenoxy) is 1. The maximum atomic E-state index is 5.82. The van der Waals surface area contributed by atoms with Crippen LogP contribution < -0.4 is 0 Å². The average molecular weight is 232 g/mol. The van der Waals surface area contributed by atoms with Crippen LogP contribution in [0.25, 0.3) is 0 Å². The molecule has 0 aromatic heterocycles. The minimum absolute atomic E-state index is 0.0678. The summed E-state index contributed by atoms with van der Waals surface area (Å²) < 4.78 is 5.82. The fraction of sp³-hybridized carbons (Fsp3) is 0.429. The SMILES string of the molecule is CC1(/C=C/[Si](C)(C)C)OC1c1ccccc1. The Bertz CT molecular complexity index is 391. The molecule has 1 fully saturated rings. The van der Waals surface area contributed by atoms with Crippen LogP contribution in [0, 0.1) is 0 Å². The topological polar surface area (TPSA) is 12.5 Å². The normalized spacial score (nSPS) is 29.6. The Morgan fingerprint density at radius 1 is 1.19 bits per heavy atom. The molecule has 2 heteroatoms. The van der Waals surface area contributed by atoms with Gasteiger partial charge in [-0.2, -0.15) is 0 Å². The molecular weight excluding hydrogens is 212 g/mol. The third-order valence-corrected chi connectivity index (χ3v) is 4.02. The number of hydrogen-bond donors (Lipinski definition) is 0. The predicted octanol–water partition coefficient (Wildman–Crippen LogP) is 3.95. The summed E-state index contributed by atoms with van der Waals surface area (Å²) in [6.45, 7) is 9.19. The molecule has 0 amide bonds. The maximum absolute atomic E-state index is 5.82. The van der Waals surface area contributed by atoms with E-state index in [-0.39, 0.29) is 11.7 Å². The van der Waals surface area contributed by atoms with Gasteiger partial charge in [0.05, 0.1) is 8.07 Å². The van der Waals surface area contributed by atoms with E-state index in [9.17, 15) is 0 Å². The zero-order valence-electron chi connectivity index (χ0n) is 10.5. The smallest absolute Gasteiger partial charge is 0.116 e. The number of epoxide rings is 1. The molecule has 2 rings (SSSR count). The van der Waals surface area contributed by atoms with Gasteiger partial charge in [0.1, 0.15) is 11.7 Å². The van der Waals surface area contributed by atoms with E-state index in [2.05, 4.69) is 62.6 Å². The fourth-order valence-electron chi connectivity index (χ4n) is 1.79. The van der Waals surface area contributed by atoms with Crippen LogP contribution >= 0.6 is 0 Å². The third kappa shape index (κ3) is 2.63. The van der Waals surface area contributed by atoms with Crippen molar-refractivity contribution in [1.82, 2.24) is 0 Å². The zero-order chi connectivity index (χ0) is 11.8. The standard InChI is InChI=1S/C14H20OSi/c1-14(10-11-16(2,3)4)13(15-14)12-8-6-5-7-9-12/h5-11,13H,1-4H3/b11-10+. The summed E-state index contributed by atoms with van der Waals surface area (Å²) in [5.41, 5.74) is 3.59. The summed E-state index contributed by atoms with van der Waals surface area (Å²) in [6.07, 6.45) is 2.51. The lowest BCUT2D eigenvalue weighted by atomic mass is 10.0. The van der Waals surface area contributed by atoms with Gasteiger partial charge >= 0.3 is 0 Å². The van der Waals surface area contributed by atoms with E-state index in [1.807, 2.05) is 6.07 Å². The van der Waals surface area contributed by atoms with Gasteiger partial charge in [-0.1, -0.05) is 61.7 Å². The summed E-state index contributed by atoms with van der Waals surface area (Å²) >= 11 is 0. The second-order valence-corrected chi connectivity index (χ2v) is 10.9. The van der Waals surface area contributed by atoms with E-state index in [0.29, 0.717) is 0 Å². The number of rotatable bonds is 3. The molecule has 1 heterocycles. The second-order valence-electron chi connectivity index (χ2n) is 5.79. The lowest BCUT2D eigenvalue weighted by Crippen LogP contribution is -2.17. The molecule has 0 aliphatic carbocycles. The molecule has 2 atom stereocenters. The Balaban J connectivity index is 2.08. The van der Waals surface area contributed by atoms with Crippen LogP contribution in [0.5, 0.6) is 0 Å². The Labute approximate surface area is 99.2 Å². The Morgan fingerprint density at radius 3 is 2.38 bits per heavy atom. The van der Waals surface area contributed by atoms with E-state index in [1.165, 1.54) is 5.56 Å². The summed E-state index contributed by atoms with van der Waals surface area (Å²) in [5, 5.41) is 0. The number of benzene rings is 1. The second kappa shape index (κ2) is 3.86. The molecule has 16 heavy (non-hydrogen) atoms. The van der Waals surface area contributed by atoms with Gasteiger partial charge in [0.25, 0.3) is 0 Å². The molecule has 2 unspecified atom stereocenters. The van der Waals surface area contributed by atoms with E-state index in [4.69, 9.17) is 4.74 Å². The highest BCUT2D eigenvalue weighted by Gasteiger charge is 2.51. The monoisotopic (exact) mass is 232 g/mol. The minimum Gasteiger partial charge on any atom is -0.357 e.